The second-order valence-corrected chi connectivity index (χ2v) is 6.21. The van der Waals surface area contributed by atoms with Crippen molar-refractivity contribution < 1.29 is 19.4 Å². The van der Waals surface area contributed by atoms with Crippen LogP contribution in [-0.4, -0.2) is 39.0 Å². The predicted octanol–water partition coefficient (Wildman–Crippen LogP) is 1.78. The van der Waals surface area contributed by atoms with E-state index in [9.17, 15) is 14.7 Å². The van der Waals surface area contributed by atoms with Crippen molar-refractivity contribution in [1.29, 1.82) is 0 Å². The van der Waals surface area contributed by atoms with E-state index in [-0.39, 0.29) is 18.1 Å². The minimum Gasteiger partial charge on any atom is -0.481 e. The molecule has 1 aromatic rings. The zero-order chi connectivity index (χ0) is 14.6. The van der Waals surface area contributed by atoms with E-state index < -0.39 is 17.8 Å². The molecular weight excluding hydrogens is 328 g/mol. The largest absolute Gasteiger partial charge is 0.481 e. The fraction of sp³-hybridized carbons (Fsp3) is 0.615. The summed E-state index contributed by atoms with van der Waals surface area (Å²) in [6.45, 7) is 3.58. The number of nitrogens with zero attached hydrogens (tertiary/aromatic N) is 2. The SMILES string of the molecule is Cc1nn(C(=O)[C@@H]2[C@@H](C(=O)O)[C@H]3CC[C@H]2O3)c(C)c1Br. The molecule has 3 rings (SSSR count). The molecule has 0 spiro atoms. The van der Waals surface area contributed by atoms with E-state index in [0.29, 0.717) is 17.8 Å². The molecule has 0 radical (unpaired) electrons. The maximum atomic E-state index is 12.7. The summed E-state index contributed by atoms with van der Waals surface area (Å²) in [6.07, 6.45) is 0.820. The van der Waals surface area contributed by atoms with Crippen molar-refractivity contribution in [3.63, 3.8) is 0 Å². The Hall–Kier alpha value is -1.21. The molecule has 2 aliphatic rings. The average molecular weight is 343 g/mol. The molecule has 3 heterocycles. The molecule has 0 aliphatic carbocycles. The molecule has 2 bridgehead atoms. The van der Waals surface area contributed by atoms with Crippen LogP contribution in [0.3, 0.4) is 0 Å². The summed E-state index contributed by atoms with van der Waals surface area (Å²) in [7, 11) is 0. The molecule has 1 aromatic heterocycles. The molecule has 4 atom stereocenters. The first-order chi connectivity index (χ1) is 9.41. The van der Waals surface area contributed by atoms with Gasteiger partial charge >= 0.3 is 5.97 Å². The topological polar surface area (TPSA) is 81.4 Å². The molecule has 0 saturated carbocycles. The molecular formula is C13H15BrN2O4. The standard InChI is InChI=1S/C13H15BrN2O4/c1-5-11(14)6(2)16(15-5)12(17)9-7-3-4-8(20-7)10(9)13(18)19/h7-10H,3-4H2,1-2H3,(H,18,19)/t7-,8-,9+,10+/m1/s1. The van der Waals surface area contributed by atoms with E-state index in [1.54, 1.807) is 13.8 Å². The molecule has 6 nitrogen and oxygen atoms in total. The van der Waals surface area contributed by atoms with Crippen molar-refractivity contribution in [3.8, 4) is 0 Å². The smallest absolute Gasteiger partial charge is 0.310 e. The number of carbonyl (C=O) groups excluding carboxylic acids is 1. The van der Waals surface area contributed by atoms with Crippen LogP contribution in [0, 0.1) is 25.7 Å². The first-order valence-corrected chi connectivity index (χ1v) is 7.35. The number of rotatable bonds is 2. The highest BCUT2D eigenvalue weighted by molar-refractivity contribution is 9.10. The molecule has 2 fully saturated rings. The Kier molecular flexibility index (Phi) is 3.21. The highest BCUT2D eigenvalue weighted by Gasteiger charge is 2.56. The van der Waals surface area contributed by atoms with Gasteiger partial charge in [-0.15, -0.1) is 0 Å². The van der Waals surface area contributed by atoms with Crippen molar-refractivity contribution in [3.05, 3.63) is 15.9 Å². The number of halogens is 1. The third-order valence-corrected chi connectivity index (χ3v) is 5.40. The van der Waals surface area contributed by atoms with Crippen LogP contribution in [0.15, 0.2) is 4.47 Å². The van der Waals surface area contributed by atoms with Crippen LogP contribution in [-0.2, 0) is 9.53 Å². The van der Waals surface area contributed by atoms with Crippen LogP contribution in [0.25, 0.3) is 0 Å². The van der Waals surface area contributed by atoms with Gasteiger partial charge in [-0.1, -0.05) is 0 Å². The monoisotopic (exact) mass is 342 g/mol. The number of aryl methyl sites for hydroxylation is 1. The Bertz CT molecular complexity index is 597. The van der Waals surface area contributed by atoms with Crippen molar-refractivity contribution in [2.45, 2.75) is 38.9 Å². The van der Waals surface area contributed by atoms with E-state index in [0.717, 1.165) is 10.9 Å². The van der Waals surface area contributed by atoms with Gasteiger partial charge in [-0.05, 0) is 42.6 Å². The van der Waals surface area contributed by atoms with Gasteiger partial charge in [0.1, 0.15) is 0 Å². The highest BCUT2D eigenvalue weighted by atomic mass is 79.9. The number of carbonyl (C=O) groups is 2. The van der Waals surface area contributed by atoms with Gasteiger partial charge in [-0.2, -0.15) is 5.10 Å². The third kappa shape index (κ3) is 1.83. The van der Waals surface area contributed by atoms with Crippen molar-refractivity contribution >= 4 is 27.8 Å². The summed E-state index contributed by atoms with van der Waals surface area (Å²) in [4.78, 5) is 24.1. The van der Waals surface area contributed by atoms with Crippen LogP contribution >= 0.6 is 15.9 Å². The second-order valence-electron chi connectivity index (χ2n) is 5.41. The molecule has 2 saturated heterocycles. The Morgan fingerprint density at radius 3 is 2.40 bits per heavy atom. The highest BCUT2D eigenvalue weighted by Crippen LogP contribution is 2.44. The van der Waals surface area contributed by atoms with Gasteiger partial charge in [0.2, 0.25) is 0 Å². The van der Waals surface area contributed by atoms with E-state index in [1.807, 2.05) is 0 Å². The quantitative estimate of drug-likeness (QED) is 0.885. The number of carboxylic acids is 1. The summed E-state index contributed by atoms with van der Waals surface area (Å²) in [5.74, 6) is -2.65. The fourth-order valence-corrected chi connectivity index (χ4v) is 3.53. The summed E-state index contributed by atoms with van der Waals surface area (Å²) in [5, 5.41) is 13.6. The van der Waals surface area contributed by atoms with Crippen LogP contribution in [0.1, 0.15) is 29.0 Å². The number of aromatic nitrogens is 2. The average Bonchev–Trinajstić information content (AvgIpc) is 3.07. The third-order valence-electron chi connectivity index (χ3n) is 4.26. The lowest BCUT2D eigenvalue weighted by Crippen LogP contribution is -2.41. The van der Waals surface area contributed by atoms with E-state index in [1.165, 1.54) is 4.68 Å². The van der Waals surface area contributed by atoms with Crippen molar-refractivity contribution in [2.24, 2.45) is 11.8 Å². The van der Waals surface area contributed by atoms with Gasteiger partial charge in [0.15, 0.2) is 0 Å². The van der Waals surface area contributed by atoms with E-state index in [4.69, 9.17) is 4.74 Å². The number of aliphatic carboxylic acids is 1. The summed E-state index contributed by atoms with van der Waals surface area (Å²) in [5.41, 5.74) is 1.41. The molecule has 20 heavy (non-hydrogen) atoms. The number of hydrogen-bond acceptors (Lipinski definition) is 4. The number of ether oxygens (including phenoxy) is 1. The number of carboxylic acid groups (broad SMARTS) is 1. The van der Waals surface area contributed by atoms with Gasteiger partial charge in [-0.25, -0.2) is 4.68 Å². The molecule has 2 aliphatic heterocycles. The van der Waals surface area contributed by atoms with Crippen LogP contribution in [0.5, 0.6) is 0 Å². The second kappa shape index (κ2) is 4.66. The van der Waals surface area contributed by atoms with Gasteiger partial charge in [0.25, 0.3) is 5.91 Å². The lowest BCUT2D eigenvalue weighted by molar-refractivity contribution is -0.144. The van der Waals surface area contributed by atoms with Crippen LogP contribution in [0.4, 0.5) is 0 Å². The minimum absolute atomic E-state index is 0.282. The lowest BCUT2D eigenvalue weighted by atomic mass is 9.79. The van der Waals surface area contributed by atoms with Gasteiger partial charge in [-0.3, -0.25) is 9.59 Å². The first-order valence-electron chi connectivity index (χ1n) is 6.56. The van der Waals surface area contributed by atoms with Crippen molar-refractivity contribution in [2.75, 3.05) is 0 Å². The number of fused-ring (bicyclic) bond motifs is 2. The normalized spacial score (nSPS) is 31.8. The Labute approximate surface area is 124 Å². The van der Waals surface area contributed by atoms with Crippen molar-refractivity contribution in [1.82, 2.24) is 9.78 Å². The molecule has 7 heteroatoms. The zero-order valence-electron chi connectivity index (χ0n) is 11.2. The Morgan fingerprint density at radius 2 is 1.90 bits per heavy atom. The molecule has 0 amide bonds. The lowest BCUT2D eigenvalue weighted by Gasteiger charge is -2.23. The summed E-state index contributed by atoms with van der Waals surface area (Å²) in [6, 6.07) is 0. The fourth-order valence-electron chi connectivity index (χ4n) is 3.28. The summed E-state index contributed by atoms with van der Waals surface area (Å²) < 4.78 is 7.71. The molecule has 0 aromatic carbocycles. The van der Waals surface area contributed by atoms with E-state index >= 15 is 0 Å². The van der Waals surface area contributed by atoms with E-state index in [2.05, 4.69) is 21.0 Å². The van der Waals surface area contributed by atoms with Gasteiger partial charge < -0.3 is 9.84 Å². The molecule has 0 unspecified atom stereocenters. The number of hydrogen-bond donors (Lipinski definition) is 1. The maximum absolute atomic E-state index is 12.7. The maximum Gasteiger partial charge on any atom is 0.310 e. The molecule has 1 N–H and O–H groups in total. The van der Waals surface area contributed by atoms with Crippen LogP contribution in [0.2, 0.25) is 0 Å². The first kappa shape index (κ1) is 13.8. The zero-order valence-corrected chi connectivity index (χ0v) is 12.8. The van der Waals surface area contributed by atoms with Crippen LogP contribution < -0.4 is 0 Å². The minimum atomic E-state index is -0.962. The Morgan fingerprint density at radius 1 is 1.30 bits per heavy atom. The molecule has 108 valence electrons. The van der Waals surface area contributed by atoms with Gasteiger partial charge in [0, 0.05) is 0 Å². The van der Waals surface area contributed by atoms with Gasteiger partial charge in [0.05, 0.1) is 39.9 Å². The Balaban J connectivity index is 1.97. The predicted molar refractivity (Wildman–Crippen MR) is 72.5 cm³/mol. The summed E-state index contributed by atoms with van der Waals surface area (Å²) >= 11 is 3.38.